The van der Waals surface area contributed by atoms with Crippen molar-refractivity contribution >= 4 is 0 Å². The number of aromatic hydroxyl groups is 1. The van der Waals surface area contributed by atoms with Gasteiger partial charge < -0.3 is 5.11 Å². The summed E-state index contributed by atoms with van der Waals surface area (Å²) in [5.74, 6) is 1.18. The molecule has 0 aliphatic heterocycles. The number of aromatic nitrogens is 2. The first-order valence-electron chi connectivity index (χ1n) is 9.04. The lowest BCUT2D eigenvalue weighted by molar-refractivity contribution is 0.236. The standard InChI is InChI=1S/C18H28N2O3/c1-12-3-7-14(8-4-12)19-16(21)11-17(22)20(18(19)23)15-9-5-13(2)6-10-15/h11-15,21H,3-10H2,1-2H3. The van der Waals surface area contributed by atoms with Crippen LogP contribution in [0.2, 0.25) is 0 Å². The third-order valence-corrected chi connectivity index (χ3v) is 5.85. The first-order valence-corrected chi connectivity index (χ1v) is 9.04. The lowest BCUT2D eigenvalue weighted by Gasteiger charge is -2.31. The molecule has 0 amide bonds. The van der Waals surface area contributed by atoms with Crippen LogP contribution in [0, 0.1) is 11.8 Å². The molecule has 2 fully saturated rings. The summed E-state index contributed by atoms with van der Waals surface area (Å²) in [7, 11) is 0. The fourth-order valence-electron chi connectivity index (χ4n) is 4.24. The molecule has 3 rings (SSSR count). The summed E-state index contributed by atoms with van der Waals surface area (Å²) in [4.78, 5) is 25.3. The highest BCUT2D eigenvalue weighted by atomic mass is 16.3. The topological polar surface area (TPSA) is 64.2 Å². The second-order valence-corrected chi connectivity index (χ2v) is 7.69. The molecule has 0 bridgehead atoms. The minimum atomic E-state index is -0.354. The maximum absolute atomic E-state index is 12.9. The predicted molar refractivity (Wildman–Crippen MR) is 90.0 cm³/mol. The van der Waals surface area contributed by atoms with Crippen LogP contribution >= 0.6 is 0 Å². The maximum Gasteiger partial charge on any atom is 0.334 e. The summed E-state index contributed by atoms with van der Waals surface area (Å²) in [5.41, 5.74) is -0.665. The van der Waals surface area contributed by atoms with Crippen molar-refractivity contribution in [2.24, 2.45) is 11.8 Å². The Morgan fingerprint density at radius 3 is 1.74 bits per heavy atom. The Balaban J connectivity index is 1.96. The predicted octanol–water partition coefficient (Wildman–Crippen LogP) is 3.22. The van der Waals surface area contributed by atoms with Crippen LogP contribution in [0.4, 0.5) is 0 Å². The van der Waals surface area contributed by atoms with Crippen LogP contribution in [0.25, 0.3) is 0 Å². The summed E-state index contributed by atoms with van der Waals surface area (Å²) in [6.45, 7) is 4.44. The third-order valence-electron chi connectivity index (χ3n) is 5.85. The van der Waals surface area contributed by atoms with Gasteiger partial charge in [0.2, 0.25) is 5.88 Å². The van der Waals surface area contributed by atoms with Crippen molar-refractivity contribution in [2.75, 3.05) is 0 Å². The van der Waals surface area contributed by atoms with Gasteiger partial charge in [-0.05, 0) is 63.2 Å². The lowest BCUT2D eigenvalue weighted by atomic mass is 9.87. The van der Waals surface area contributed by atoms with Crippen LogP contribution in [0.1, 0.15) is 77.3 Å². The zero-order chi connectivity index (χ0) is 16.6. The van der Waals surface area contributed by atoms with Gasteiger partial charge in [0.05, 0.1) is 6.07 Å². The highest BCUT2D eigenvalue weighted by molar-refractivity contribution is 5.10. The minimum Gasteiger partial charge on any atom is -0.494 e. The van der Waals surface area contributed by atoms with E-state index in [0.717, 1.165) is 51.4 Å². The third kappa shape index (κ3) is 3.24. The molecular formula is C18H28N2O3. The van der Waals surface area contributed by atoms with Crippen LogP contribution in [0.5, 0.6) is 5.88 Å². The zero-order valence-electron chi connectivity index (χ0n) is 14.2. The van der Waals surface area contributed by atoms with Crippen molar-refractivity contribution in [1.29, 1.82) is 0 Å². The second-order valence-electron chi connectivity index (χ2n) is 7.69. The molecule has 1 N–H and O–H groups in total. The highest BCUT2D eigenvalue weighted by Crippen LogP contribution is 2.33. The summed E-state index contributed by atoms with van der Waals surface area (Å²) in [5, 5.41) is 10.2. The highest BCUT2D eigenvalue weighted by Gasteiger charge is 2.27. The van der Waals surface area contributed by atoms with E-state index in [2.05, 4.69) is 13.8 Å². The van der Waals surface area contributed by atoms with E-state index in [1.54, 1.807) is 0 Å². The van der Waals surface area contributed by atoms with Gasteiger partial charge in [0.1, 0.15) is 0 Å². The first kappa shape index (κ1) is 16.3. The van der Waals surface area contributed by atoms with E-state index in [1.807, 2.05) is 0 Å². The summed E-state index contributed by atoms with van der Waals surface area (Å²) < 4.78 is 2.88. The molecule has 0 aromatic carbocycles. The molecular weight excluding hydrogens is 292 g/mol. The van der Waals surface area contributed by atoms with Crippen molar-refractivity contribution in [3.63, 3.8) is 0 Å². The van der Waals surface area contributed by atoms with Crippen LogP contribution in [0.3, 0.4) is 0 Å². The van der Waals surface area contributed by atoms with Crippen LogP contribution in [0.15, 0.2) is 15.7 Å². The number of hydrogen-bond donors (Lipinski definition) is 1. The summed E-state index contributed by atoms with van der Waals surface area (Å²) >= 11 is 0. The minimum absolute atomic E-state index is 0.0134. The average molecular weight is 320 g/mol. The second kappa shape index (κ2) is 6.54. The SMILES string of the molecule is CC1CCC(n2c(O)cc(=O)n(C3CCC(C)CC3)c2=O)CC1. The average Bonchev–Trinajstić information content (AvgIpc) is 2.50. The van der Waals surface area contributed by atoms with Crippen molar-refractivity contribution in [1.82, 2.24) is 9.13 Å². The molecule has 5 heteroatoms. The molecule has 5 nitrogen and oxygen atoms in total. The molecule has 1 aromatic rings. The molecule has 2 aliphatic rings. The van der Waals surface area contributed by atoms with Gasteiger partial charge in [0.15, 0.2) is 0 Å². The normalized spacial score (nSPS) is 31.9. The van der Waals surface area contributed by atoms with Crippen molar-refractivity contribution in [3.05, 3.63) is 26.9 Å². The molecule has 0 radical (unpaired) electrons. The molecule has 0 spiro atoms. The Kier molecular flexibility index (Phi) is 4.64. The van der Waals surface area contributed by atoms with Gasteiger partial charge in [-0.25, -0.2) is 4.79 Å². The number of nitrogens with zero attached hydrogens (tertiary/aromatic N) is 2. The van der Waals surface area contributed by atoms with E-state index in [9.17, 15) is 14.7 Å². The van der Waals surface area contributed by atoms with Gasteiger partial charge in [-0.15, -0.1) is 0 Å². The molecule has 128 valence electrons. The summed E-state index contributed by atoms with van der Waals surface area (Å²) in [6.07, 6.45) is 7.79. The molecule has 23 heavy (non-hydrogen) atoms. The Morgan fingerprint density at radius 2 is 1.26 bits per heavy atom. The zero-order valence-corrected chi connectivity index (χ0v) is 14.2. The van der Waals surface area contributed by atoms with Gasteiger partial charge in [-0.3, -0.25) is 13.9 Å². The Labute approximate surface area is 137 Å². The Hall–Kier alpha value is -1.52. The van der Waals surface area contributed by atoms with Crippen LogP contribution < -0.4 is 11.2 Å². The quantitative estimate of drug-likeness (QED) is 0.910. The van der Waals surface area contributed by atoms with Crippen LogP contribution in [-0.2, 0) is 0 Å². The molecule has 1 aromatic heterocycles. The van der Waals surface area contributed by atoms with Gasteiger partial charge in [0.25, 0.3) is 5.56 Å². The fourth-order valence-corrected chi connectivity index (χ4v) is 4.24. The van der Waals surface area contributed by atoms with E-state index in [4.69, 9.17) is 0 Å². The lowest BCUT2D eigenvalue weighted by Crippen LogP contribution is -2.44. The fraction of sp³-hybridized carbons (Fsp3) is 0.778. The van der Waals surface area contributed by atoms with Gasteiger partial charge in [0, 0.05) is 12.1 Å². The van der Waals surface area contributed by atoms with Gasteiger partial charge >= 0.3 is 5.69 Å². The van der Waals surface area contributed by atoms with E-state index < -0.39 is 0 Å². The Bertz CT molecular complexity index is 660. The van der Waals surface area contributed by atoms with Crippen molar-refractivity contribution < 1.29 is 5.11 Å². The Morgan fingerprint density at radius 1 is 0.826 bits per heavy atom. The molecule has 1 heterocycles. The van der Waals surface area contributed by atoms with E-state index >= 15 is 0 Å². The van der Waals surface area contributed by atoms with E-state index in [1.165, 1.54) is 15.2 Å². The number of rotatable bonds is 2. The molecule has 0 atom stereocenters. The maximum atomic E-state index is 12.9. The summed E-state index contributed by atoms with van der Waals surface area (Å²) in [6, 6.07) is 1.24. The number of hydrogen-bond acceptors (Lipinski definition) is 3. The van der Waals surface area contributed by atoms with Crippen molar-refractivity contribution in [2.45, 2.75) is 77.3 Å². The molecule has 2 aliphatic carbocycles. The first-order chi connectivity index (χ1) is 11.0. The molecule has 0 saturated heterocycles. The monoisotopic (exact) mass is 320 g/mol. The van der Waals surface area contributed by atoms with Gasteiger partial charge in [-0.1, -0.05) is 13.8 Å². The van der Waals surface area contributed by atoms with Crippen LogP contribution in [-0.4, -0.2) is 14.2 Å². The largest absolute Gasteiger partial charge is 0.494 e. The van der Waals surface area contributed by atoms with Gasteiger partial charge in [-0.2, -0.15) is 0 Å². The molecule has 2 saturated carbocycles. The van der Waals surface area contributed by atoms with Crippen molar-refractivity contribution in [3.8, 4) is 5.88 Å². The van der Waals surface area contributed by atoms with E-state index in [-0.39, 0.29) is 29.2 Å². The smallest absolute Gasteiger partial charge is 0.334 e. The van der Waals surface area contributed by atoms with E-state index in [0.29, 0.717) is 11.8 Å². The molecule has 0 unspecified atom stereocenters.